The van der Waals surface area contributed by atoms with E-state index in [0.29, 0.717) is 43.4 Å². The fourth-order valence-corrected chi connectivity index (χ4v) is 2.98. The molecule has 1 rings (SSSR count). The van der Waals surface area contributed by atoms with Crippen molar-refractivity contribution in [3.8, 4) is 11.5 Å². The van der Waals surface area contributed by atoms with Crippen molar-refractivity contribution in [1.82, 2.24) is 5.32 Å². The molecule has 0 aliphatic carbocycles. The molecule has 0 spiro atoms. The van der Waals surface area contributed by atoms with Gasteiger partial charge in [-0.05, 0) is 62.1 Å². The van der Waals surface area contributed by atoms with E-state index in [-0.39, 0.29) is 11.9 Å². The van der Waals surface area contributed by atoms with Crippen molar-refractivity contribution in [2.24, 2.45) is 5.92 Å². The summed E-state index contributed by atoms with van der Waals surface area (Å²) in [6, 6.07) is 5.70. The first-order chi connectivity index (χ1) is 15.0. The standard InChI is InChI=1S/C25H39NO5/c1-20(2)12-8-5-6-9-13-24(27)26-19-21-15-16-22(23(18-21)29-3)31-17-11-7-10-14-25(28)30-4/h8,12,15-16,18,20H,5-7,9-11,13-14,17,19H2,1-4H3,(H,26,27). The molecule has 0 aromatic heterocycles. The van der Waals surface area contributed by atoms with E-state index in [9.17, 15) is 9.59 Å². The van der Waals surface area contributed by atoms with E-state index in [1.54, 1.807) is 7.11 Å². The van der Waals surface area contributed by atoms with Crippen LogP contribution in [0.2, 0.25) is 0 Å². The SMILES string of the molecule is COC(=O)CCCCCOc1ccc(CNC(=O)CCCCC=CC(C)C)cc1OC. The van der Waals surface area contributed by atoms with Gasteiger partial charge in [0, 0.05) is 19.4 Å². The van der Waals surface area contributed by atoms with Crippen LogP contribution in [0.15, 0.2) is 30.4 Å². The quantitative estimate of drug-likeness (QED) is 0.220. The number of methoxy groups -OCH3 is 2. The van der Waals surface area contributed by atoms with Gasteiger partial charge in [0.15, 0.2) is 11.5 Å². The molecular formula is C25H39NO5. The van der Waals surface area contributed by atoms with Crippen molar-refractivity contribution in [2.45, 2.75) is 71.8 Å². The van der Waals surface area contributed by atoms with Crippen LogP contribution in [0.25, 0.3) is 0 Å². The van der Waals surface area contributed by atoms with Gasteiger partial charge in [0.2, 0.25) is 5.91 Å². The van der Waals surface area contributed by atoms with Gasteiger partial charge in [-0.2, -0.15) is 0 Å². The fraction of sp³-hybridized carbons (Fsp3) is 0.600. The number of nitrogens with one attached hydrogen (secondary N) is 1. The minimum absolute atomic E-state index is 0.0686. The summed E-state index contributed by atoms with van der Waals surface area (Å²) >= 11 is 0. The van der Waals surface area contributed by atoms with Gasteiger partial charge in [-0.1, -0.05) is 32.1 Å². The summed E-state index contributed by atoms with van der Waals surface area (Å²) < 4.78 is 15.9. The monoisotopic (exact) mass is 433 g/mol. The third-order valence-corrected chi connectivity index (χ3v) is 4.77. The number of carbonyl (C=O) groups is 2. The number of amides is 1. The molecule has 6 heteroatoms. The molecule has 0 heterocycles. The Kier molecular flexibility index (Phi) is 13.9. The molecule has 0 saturated carbocycles. The summed E-state index contributed by atoms with van der Waals surface area (Å²) in [5, 5.41) is 2.97. The predicted octanol–water partition coefficient (Wildman–Crippen LogP) is 5.20. The van der Waals surface area contributed by atoms with E-state index in [1.165, 1.54) is 7.11 Å². The second-order valence-corrected chi connectivity index (χ2v) is 7.92. The second kappa shape index (κ2) is 16.2. The molecule has 1 amide bonds. The minimum atomic E-state index is -0.177. The number of hydrogen-bond acceptors (Lipinski definition) is 5. The predicted molar refractivity (Wildman–Crippen MR) is 123 cm³/mol. The maximum Gasteiger partial charge on any atom is 0.305 e. The van der Waals surface area contributed by atoms with Gasteiger partial charge in [-0.25, -0.2) is 0 Å². The highest BCUT2D eigenvalue weighted by molar-refractivity contribution is 5.75. The minimum Gasteiger partial charge on any atom is -0.493 e. The summed E-state index contributed by atoms with van der Waals surface area (Å²) in [6.45, 7) is 5.34. The Morgan fingerprint density at radius 3 is 2.48 bits per heavy atom. The molecule has 0 aliphatic heterocycles. The number of unbranched alkanes of at least 4 members (excludes halogenated alkanes) is 4. The Balaban J connectivity index is 2.30. The van der Waals surface area contributed by atoms with Gasteiger partial charge >= 0.3 is 5.97 Å². The van der Waals surface area contributed by atoms with Gasteiger partial charge in [0.25, 0.3) is 0 Å². The molecule has 0 aliphatic rings. The molecule has 0 unspecified atom stereocenters. The second-order valence-electron chi connectivity index (χ2n) is 7.92. The lowest BCUT2D eigenvalue weighted by molar-refractivity contribution is -0.140. The van der Waals surface area contributed by atoms with Crippen molar-refractivity contribution in [2.75, 3.05) is 20.8 Å². The fourth-order valence-electron chi connectivity index (χ4n) is 2.98. The number of allylic oxidation sites excluding steroid dienone is 2. The van der Waals surface area contributed by atoms with E-state index < -0.39 is 0 Å². The number of rotatable bonds is 16. The molecule has 0 atom stereocenters. The van der Waals surface area contributed by atoms with Crippen LogP contribution in [-0.2, 0) is 20.9 Å². The highest BCUT2D eigenvalue weighted by Crippen LogP contribution is 2.28. The van der Waals surface area contributed by atoms with Gasteiger partial charge in [-0.3, -0.25) is 9.59 Å². The number of hydrogen-bond donors (Lipinski definition) is 1. The number of carbonyl (C=O) groups excluding carboxylic acids is 2. The van der Waals surface area contributed by atoms with Crippen LogP contribution < -0.4 is 14.8 Å². The maximum absolute atomic E-state index is 12.1. The van der Waals surface area contributed by atoms with Crippen LogP contribution in [0.5, 0.6) is 11.5 Å². The zero-order valence-electron chi connectivity index (χ0n) is 19.6. The van der Waals surface area contributed by atoms with E-state index in [2.05, 4.69) is 36.1 Å². The Morgan fingerprint density at radius 1 is 1.00 bits per heavy atom. The first-order valence-corrected chi connectivity index (χ1v) is 11.3. The van der Waals surface area contributed by atoms with E-state index in [4.69, 9.17) is 9.47 Å². The molecule has 1 aromatic carbocycles. The molecule has 0 radical (unpaired) electrons. The van der Waals surface area contributed by atoms with Gasteiger partial charge in [0.05, 0.1) is 20.8 Å². The first kappa shape index (κ1) is 26.5. The average Bonchev–Trinajstić information content (AvgIpc) is 2.76. The summed E-state index contributed by atoms with van der Waals surface area (Å²) in [4.78, 5) is 23.1. The molecule has 1 N–H and O–H groups in total. The van der Waals surface area contributed by atoms with Crippen LogP contribution >= 0.6 is 0 Å². The molecular weight excluding hydrogens is 394 g/mol. The summed E-state index contributed by atoms with van der Waals surface area (Å²) in [6.07, 6.45) is 10.9. The Hall–Kier alpha value is -2.50. The normalized spacial score (nSPS) is 11.0. The zero-order chi connectivity index (χ0) is 22.9. The van der Waals surface area contributed by atoms with Gasteiger partial charge < -0.3 is 19.5 Å². The Morgan fingerprint density at radius 2 is 1.77 bits per heavy atom. The van der Waals surface area contributed by atoms with Crippen molar-refractivity contribution < 1.29 is 23.8 Å². The van der Waals surface area contributed by atoms with Gasteiger partial charge in [-0.15, -0.1) is 0 Å². The third-order valence-electron chi connectivity index (χ3n) is 4.77. The van der Waals surface area contributed by atoms with E-state index >= 15 is 0 Å². The summed E-state index contributed by atoms with van der Waals surface area (Å²) in [5.74, 6) is 1.80. The van der Waals surface area contributed by atoms with Crippen LogP contribution in [-0.4, -0.2) is 32.7 Å². The average molecular weight is 434 g/mol. The summed E-state index contributed by atoms with van der Waals surface area (Å²) in [5.41, 5.74) is 0.968. The number of ether oxygens (including phenoxy) is 3. The van der Waals surface area contributed by atoms with E-state index in [1.807, 2.05) is 18.2 Å². The third kappa shape index (κ3) is 12.7. The van der Waals surface area contributed by atoms with Crippen molar-refractivity contribution in [3.63, 3.8) is 0 Å². The lowest BCUT2D eigenvalue weighted by Gasteiger charge is -2.13. The molecule has 1 aromatic rings. The van der Waals surface area contributed by atoms with Crippen LogP contribution in [0, 0.1) is 5.92 Å². The Labute approximate surface area is 187 Å². The van der Waals surface area contributed by atoms with Crippen molar-refractivity contribution in [3.05, 3.63) is 35.9 Å². The molecule has 0 bridgehead atoms. The molecule has 0 saturated heterocycles. The molecule has 31 heavy (non-hydrogen) atoms. The van der Waals surface area contributed by atoms with E-state index in [0.717, 1.165) is 44.1 Å². The van der Waals surface area contributed by atoms with Crippen LogP contribution in [0.4, 0.5) is 0 Å². The van der Waals surface area contributed by atoms with Crippen LogP contribution in [0.3, 0.4) is 0 Å². The van der Waals surface area contributed by atoms with Crippen LogP contribution in [0.1, 0.15) is 70.8 Å². The van der Waals surface area contributed by atoms with Crippen molar-refractivity contribution >= 4 is 11.9 Å². The Bertz CT molecular complexity index is 684. The maximum atomic E-state index is 12.1. The molecule has 6 nitrogen and oxygen atoms in total. The largest absolute Gasteiger partial charge is 0.493 e. The molecule has 0 fully saturated rings. The molecule has 174 valence electrons. The topological polar surface area (TPSA) is 73.9 Å². The lowest BCUT2D eigenvalue weighted by atomic mass is 10.1. The smallest absolute Gasteiger partial charge is 0.305 e. The highest BCUT2D eigenvalue weighted by atomic mass is 16.5. The number of benzene rings is 1. The summed E-state index contributed by atoms with van der Waals surface area (Å²) in [7, 11) is 3.01. The van der Waals surface area contributed by atoms with Crippen molar-refractivity contribution in [1.29, 1.82) is 0 Å². The number of esters is 1. The highest BCUT2D eigenvalue weighted by Gasteiger charge is 2.08. The van der Waals surface area contributed by atoms with Gasteiger partial charge in [0.1, 0.15) is 0 Å². The first-order valence-electron chi connectivity index (χ1n) is 11.3. The lowest BCUT2D eigenvalue weighted by Crippen LogP contribution is -2.22. The zero-order valence-corrected chi connectivity index (χ0v) is 19.6.